The number of likely N-dealkylation sites (N-methyl/N-ethyl adjacent to an activating group) is 1. The molecule has 0 bridgehead atoms. The Morgan fingerprint density at radius 3 is 2.18 bits per heavy atom. The van der Waals surface area contributed by atoms with Crippen LogP contribution < -0.4 is 4.90 Å². The number of para-hydroxylation sites is 1. The van der Waals surface area contributed by atoms with Gasteiger partial charge < -0.3 is 19.6 Å². The first-order valence-electron chi connectivity index (χ1n) is 11.6. The van der Waals surface area contributed by atoms with Crippen LogP contribution in [0, 0.1) is 0 Å². The van der Waals surface area contributed by atoms with Crippen molar-refractivity contribution in [3.63, 3.8) is 0 Å². The first-order chi connectivity index (χ1) is 15.9. The van der Waals surface area contributed by atoms with E-state index in [2.05, 4.69) is 4.90 Å². The molecule has 0 aromatic heterocycles. The SMILES string of the molecule is CCC(=O)N1CCC2(CC1)C(=O)N(CC(=O)N(C)Cc1ccccc1)CN2c1ccccc1. The Morgan fingerprint density at radius 1 is 0.970 bits per heavy atom. The lowest BCUT2D eigenvalue weighted by atomic mass is 9.85. The second kappa shape index (κ2) is 9.65. The summed E-state index contributed by atoms with van der Waals surface area (Å²) in [5, 5.41) is 0. The summed E-state index contributed by atoms with van der Waals surface area (Å²) < 4.78 is 0. The van der Waals surface area contributed by atoms with E-state index >= 15 is 0 Å². The van der Waals surface area contributed by atoms with Gasteiger partial charge >= 0.3 is 0 Å². The Labute approximate surface area is 195 Å². The van der Waals surface area contributed by atoms with Gasteiger partial charge in [-0.3, -0.25) is 14.4 Å². The fourth-order valence-electron chi connectivity index (χ4n) is 4.90. The van der Waals surface area contributed by atoms with Crippen molar-refractivity contribution in [3.8, 4) is 0 Å². The first-order valence-corrected chi connectivity index (χ1v) is 11.6. The molecule has 4 rings (SSSR count). The Kier molecular flexibility index (Phi) is 6.67. The maximum Gasteiger partial charge on any atom is 0.250 e. The lowest BCUT2D eigenvalue weighted by Gasteiger charge is -2.43. The van der Waals surface area contributed by atoms with E-state index in [4.69, 9.17) is 0 Å². The van der Waals surface area contributed by atoms with Crippen molar-refractivity contribution >= 4 is 23.4 Å². The lowest BCUT2D eigenvalue weighted by molar-refractivity contribution is -0.141. The molecule has 174 valence electrons. The van der Waals surface area contributed by atoms with Crippen LogP contribution in [0.5, 0.6) is 0 Å². The number of anilines is 1. The summed E-state index contributed by atoms with van der Waals surface area (Å²) >= 11 is 0. The smallest absolute Gasteiger partial charge is 0.250 e. The second-order valence-electron chi connectivity index (χ2n) is 8.91. The number of amides is 3. The summed E-state index contributed by atoms with van der Waals surface area (Å²) in [4.78, 5) is 46.3. The van der Waals surface area contributed by atoms with E-state index in [9.17, 15) is 14.4 Å². The van der Waals surface area contributed by atoms with Crippen molar-refractivity contribution in [2.45, 2.75) is 38.3 Å². The number of piperidine rings is 1. The zero-order valence-corrected chi connectivity index (χ0v) is 19.4. The van der Waals surface area contributed by atoms with Crippen LogP contribution in [0.3, 0.4) is 0 Å². The molecular formula is C26H32N4O3. The molecule has 7 heteroatoms. The molecule has 0 N–H and O–H groups in total. The van der Waals surface area contributed by atoms with E-state index in [1.807, 2.05) is 72.5 Å². The highest BCUT2D eigenvalue weighted by molar-refractivity contribution is 5.96. The minimum Gasteiger partial charge on any atom is -0.343 e. The Hall–Kier alpha value is -3.35. The van der Waals surface area contributed by atoms with Gasteiger partial charge in [0.25, 0.3) is 5.91 Å². The molecule has 2 saturated heterocycles. The average Bonchev–Trinajstić information content (AvgIpc) is 3.11. The number of carbonyl (C=O) groups excluding carboxylic acids is 3. The summed E-state index contributed by atoms with van der Waals surface area (Å²) in [5.74, 6) is 0.0170. The number of hydrogen-bond acceptors (Lipinski definition) is 4. The Balaban J connectivity index is 1.51. The molecule has 2 aromatic rings. The molecular weight excluding hydrogens is 416 g/mol. The van der Waals surface area contributed by atoms with Gasteiger partial charge in [0.15, 0.2) is 0 Å². The highest BCUT2D eigenvalue weighted by Crippen LogP contribution is 2.39. The van der Waals surface area contributed by atoms with E-state index in [-0.39, 0.29) is 24.3 Å². The molecule has 33 heavy (non-hydrogen) atoms. The molecule has 0 saturated carbocycles. The van der Waals surface area contributed by atoms with Crippen LogP contribution in [0.15, 0.2) is 60.7 Å². The summed E-state index contributed by atoms with van der Waals surface area (Å²) in [5.41, 5.74) is 1.30. The molecule has 2 fully saturated rings. The van der Waals surface area contributed by atoms with Gasteiger partial charge in [-0.2, -0.15) is 0 Å². The van der Waals surface area contributed by atoms with Gasteiger partial charge in [0.05, 0.1) is 6.67 Å². The number of hydrogen-bond donors (Lipinski definition) is 0. The van der Waals surface area contributed by atoms with Crippen LogP contribution in [0.2, 0.25) is 0 Å². The van der Waals surface area contributed by atoms with Crippen molar-refractivity contribution in [1.29, 1.82) is 0 Å². The maximum absolute atomic E-state index is 13.7. The molecule has 2 aliphatic heterocycles. The van der Waals surface area contributed by atoms with E-state index in [1.54, 1.807) is 16.8 Å². The van der Waals surface area contributed by atoms with E-state index in [1.165, 1.54) is 0 Å². The maximum atomic E-state index is 13.7. The fraction of sp³-hybridized carbons (Fsp3) is 0.423. The standard InChI is InChI=1S/C26H32N4O3/c1-3-23(31)28-16-14-26(15-17-28)25(33)29(20-30(26)22-12-8-5-9-13-22)19-24(32)27(2)18-21-10-6-4-7-11-21/h4-13H,3,14-20H2,1-2H3. The Bertz CT molecular complexity index is 987. The zero-order valence-electron chi connectivity index (χ0n) is 19.4. The minimum absolute atomic E-state index is 0.0172. The van der Waals surface area contributed by atoms with Gasteiger partial charge in [-0.05, 0) is 30.5 Å². The number of benzene rings is 2. The van der Waals surface area contributed by atoms with Gasteiger partial charge in [0.2, 0.25) is 11.8 Å². The Morgan fingerprint density at radius 2 is 1.58 bits per heavy atom. The van der Waals surface area contributed by atoms with Gasteiger partial charge in [0, 0.05) is 38.8 Å². The quantitative estimate of drug-likeness (QED) is 0.682. The number of rotatable bonds is 6. The molecule has 2 aromatic carbocycles. The predicted molar refractivity (Wildman–Crippen MR) is 127 cm³/mol. The molecule has 0 atom stereocenters. The van der Waals surface area contributed by atoms with Gasteiger partial charge in [-0.1, -0.05) is 55.5 Å². The highest BCUT2D eigenvalue weighted by Gasteiger charge is 2.54. The van der Waals surface area contributed by atoms with Crippen LogP contribution in [-0.2, 0) is 20.9 Å². The summed E-state index contributed by atoms with van der Waals surface area (Å²) in [6.07, 6.45) is 1.60. The van der Waals surface area contributed by atoms with E-state index in [0.29, 0.717) is 45.6 Å². The first kappa shape index (κ1) is 22.8. The fourth-order valence-corrected chi connectivity index (χ4v) is 4.90. The molecule has 2 heterocycles. The van der Waals surface area contributed by atoms with Crippen molar-refractivity contribution < 1.29 is 14.4 Å². The third-order valence-electron chi connectivity index (χ3n) is 6.84. The van der Waals surface area contributed by atoms with Crippen LogP contribution in [0.4, 0.5) is 5.69 Å². The zero-order chi connectivity index (χ0) is 23.4. The van der Waals surface area contributed by atoms with Crippen molar-refractivity contribution in [3.05, 3.63) is 66.2 Å². The topological polar surface area (TPSA) is 64.2 Å². The minimum atomic E-state index is -0.718. The van der Waals surface area contributed by atoms with Crippen molar-refractivity contribution in [2.24, 2.45) is 0 Å². The van der Waals surface area contributed by atoms with Gasteiger partial charge in [-0.15, -0.1) is 0 Å². The number of likely N-dealkylation sites (tertiary alicyclic amines) is 1. The third kappa shape index (κ3) is 4.58. The van der Waals surface area contributed by atoms with Crippen LogP contribution in [0.1, 0.15) is 31.7 Å². The second-order valence-corrected chi connectivity index (χ2v) is 8.91. The van der Waals surface area contributed by atoms with Crippen LogP contribution in [-0.4, -0.2) is 71.3 Å². The molecule has 0 aliphatic carbocycles. The van der Waals surface area contributed by atoms with E-state index < -0.39 is 5.54 Å². The van der Waals surface area contributed by atoms with E-state index in [0.717, 1.165) is 11.3 Å². The normalized spacial score (nSPS) is 17.5. The third-order valence-corrected chi connectivity index (χ3v) is 6.84. The molecule has 7 nitrogen and oxygen atoms in total. The summed E-state index contributed by atoms with van der Waals surface area (Å²) in [6, 6.07) is 19.7. The largest absolute Gasteiger partial charge is 0.343 e. The molecule has 0 unspecified atom stereocenters. The van der Waals surface area contributed by atoms with Crippen molar-refractivity contribution in [2.75, 3.05) is 38.3 Å². The van der Waals surface area contributed by atoms with Crippen molar-refractivity contribution in [1.82, 2.24) is 14.7 Å². The van der Waals surface area contributed by atoms with Gasteiger partial charge in [-0.25, -0.2) is 0 Å². The molecule has 0 radical (unpaired) electrons. The van der Waals surface area contributed by atoms with Crippen LogP contribution in [0.25, 0.3) is 0 Å². The van der Waals surface area contributed by atoms with Gasteiger partial charge in [0.1, 0.15) is 12.1 Å². The molecule has 1 spiro atoms. The van der Waals surface area contributed by atoms with Crippen LogP contribution >= 0.6 is 0 Å². The molecule has 2 aliphatic rings. The monoisotopic (exact) mass is 448 g/mol. The average molecular weight is 449 g/mol. The molecule has 3 amide bonds. The predicted octanol–water partition coefficient (Wildman–Crippen LogP) is 2.72. The number of nitrogens with zero attached hydrogens (tertiary/aromatic N) is 4. The summed E-state index contributed by atoms with van der Waals surface area (Å²) in [7, 11) is 1.77. The number of carbonyl (C=O) groups is 3. The lowest BCUT2D eigenvalue weighted by Crippen LogP contribution is -2.57. The highest BCUT2D eigenvalue weighted by atomic mass is 16.2. The summed E-state index contributed by atoms with van der Waals surface area (Å²) in [6.45, 7) is 3.89.